The van der Waals surface area contributed by atoms with E-state index < -0.39 is 0 Å². The van der Waals surface area contributed by atoms with Crippen LogP contribution in [0.1, 0.15) is 45.6 Å². The Morgan fingerprint density at radius 2 is 2.06 bits per heavy atom. The summed E-state index contributed by atoms with van der Waals surface area (Å²) in [5.74, 6) is 0.728. The summed E-state index contributed by atoms with van der Waals surface area (Å²) in [6, 6.07) is 4.41. The molecule has 3 nitrogen and oxygen atoms in total. The number of pyridine rings is 1. The van der Waals surface area contributed by atoms with Gasteiger partial charge in [-0.1, -0.05) is 26.8 Å². The topological polar surface area (TPSA) is 48.1 Å². The highest BCUT2D eigenvalue weighted by atomic mass is 16.5. The van der Waals surface area contributed by atoms with E-state index in [1.807, 2.05) is 12.3 Å². The normalized spacial score (nSPS) is 23.6. The Bertz CT molecular complexity index is 374. The summed E-state index contributed by atoms with van der Waals surface area (Å²) < 4.78 is 5.73. The minimum atomic E-state index is 0.271. The van der Waals surface area contributed by atoms with Crippen molar-refractivity contribution in [2.75, 3.05) is 0 Å². The molecule has 1 heterocycles. The highest BCUT2D eigenvalue weighted by Gasteiger charge is 2.27. The number of hydrogen-bond acceptors (Lipinski definition) is 3. The van der Waals surface area contributed by atoms with Crippen molar-refractivity contribution in [3.63, 3.8) is 0 Å². The van der Waals surface area contributed by atoms with Gasteiger partial charge in [0.1, 0.15) is 6.10 Å². The molecular weight excluding hydrogens is 224 g/mol. The SMILES string of the molecule is CC(C)(C)CCc1ccc(OC2CC(N)C2)nc1. The fourth-order valence-electron chi connectivity index (χ4n) is 2.02. The molecule has 1 fully saturated rings. The van der Waals surface area contributed by atoms with E-state index in [0.717, 1.165) is 25.1 Å². The van der Waals surface area contributed by atoms with Crippen molar-refractivity contribution in [2.24, 2.45) is 11.1 Å². The molecule has 2 N–H and O–H groups in total. The molecule has 1 aromatic rings. The van der Waals surface area contributed by atoms with Crippen molar-refractivity contribution in [1.29, 1.82) is 0 Å². The Hall–Kier alpha value is -1.09. The van der Waals surface area contributed by atoms with Gasteiger partial charge in [-0.15, -0.1) is 0 Å². The maximum Gasteiger partial charge on any atom is 0.213 e. The van der Waals surface area contributed by atoms with E-state index in [2.05, 4.69) is 31.8 Å². The molecule has 0 saturated heterocycles. The van der Waals surface area contributed by atoms with Crippen LogP contribution in [0.2, 0.25) is 0 Å². The molecule has 0 aromatic carbocycles. The van der Waals surface area contributed by atoms with Crippen LogP contribution in [0.4, 0.5) is 0 Å². The molecule has 1 aromatic heterocycles. The third-order valence-corrected chi connectivity index (χ3v) is 3.38. The van der Waals surface area contributed by atoms with Crippen LogP contribution >= 0.6 is 0 Å². The zero-order chi connectivity index (χ0) is 13.2. The van der Waals surface area contributed by atoms with Crippen molar-refractivity contribution >= 4 is 0 Å². The van der Waals surface area contributed by atoms with Gasteiger partial charge in [-0.25, -0.2) is 4.98 Å². The summed E-state index contributed by atoms with van der Waals surface area (Å²) >= 11 is 0. The summed E-state index contributed by atoms with van der Waals surface area (Å²) in [6.45, 7) is 6.78. The maximum absolute atomic E-state index is 5.73. The van der Waals surface area contributed by atoms with Gasteiger partial charge in [0.05, 0.1) is 0 Å². The molecule has 18 heavy (non-hydrogen) atoms. The molecule has 0 unspecified atom stereocenters. The molecule has 3 heteroatoms. The van der Waals surface area contributed by atoms with Gasteiger partial charge in [0.2, 0.25) is 5.88 Å². The Morgan fingerprint density at radius 3 is 2.56 bits per heavy atom. The second-order valence-corrected chi connectivity index (χ2v) is 6.54. The van der Waals surface area contributed by atoms with E-state index >= 15 is 0 Å². The van der Waals surface area contributed by atoms with Crippen LogP contribution in [-0.2, 0) is 6.42 Å². The van der Waals surface area contributed by atoms with E-state index in [-0.39, 0.29) is 6.10 Å². The van der Waals surface area contributed by atoms with E-state index in [0.29, 0.717) is 11.5 Å². The number of hydrogen-bond donors (Lipinski definition) is 1. The standard InChI is InChI=1S/C15H24N2O/c1-15(2,3)7-6-11-4-5-14(17-10-11)18-13-8-12(16)9-13/h4-5,10,12-13H,6-9,16H2,1-3H3. The minimum absolute atomic E-state index is 0.271. The van der Waals surface area contributed by atoms with Crippen molar-refractivity contribution in [3.05, 3.63) is 23.9 Å². The summed E-state index contributed by atoms with van der Waals surface area (Å²) in [7, 11) is 0. The van der Waals surface area contributed by atoms with Crippen LogP contribution in [0.3, 0.4) is 0 Å². The lowest BCUT2D eigenvalue weighted by atomic mass is 9.89. The highest BCUT2D eigenvalue weighted by molar-refractivity contribution is 5.18. The van der Waals surface area contributed by atoms with Gasteiger partial charge in [0, 0.05) is 18.3 Å². The monoisotopic (exact) mass is 248 g/mol. The van der Waals surface area contributed by atoms with Crippen LogP contribution < -0.4 is 10.5 Å². The number of rotatable bonds is 4. The first-order chi connectivity index (χ1) is 8.42. The third-order valence-electron chi connectivity index (χ3n) is 3.38. The Balaban J connectivity index is 1.82. The molecule has 1 aliphatic rings. The van der Waals surface area contributed by atoms with E-state index in [1.165, 1.54) is 12.0 Å². The number of aryl methyl sites for hydroxylation is 1. The van der Waals surface area contributed by atoms with Crippen LogP contribution in [0.25, 0.3) is 0 Å². The second-order valence-electron chi connectivity index (χ2n) is 6.54. The van der Waals surface area contributed by atoms with E-state index in [1.54, 1.807) is 0 Å². The fraction of sp³-hybridized carbons (Fsp3) is 0.667. The summed E-state index contributed by atoms with van der Waals surface area (Å²) in [5.41, 5.74) is 7.38. The van der Waals surface area contributed by atoms with Gasteiger partial charge < -0.3 is 10.5 Å². The summed E-state index contributed by atoms with van der Waals surface area (Å²) in [6.07, 6.45) is 6.35. The molecular formula is C15H24N2O. The Morgan fingerprint density at radius 1 is 1.33 bits per heavy atom. The first-order valence-electron chi connectivity index (χ1n) is 6.79. The molecule has 0 spiro atoms. The molecule has 100 valence electrons. The summed E-state index contributed by atoms with van der Waals surface area (Å²) in [5, 5.41) is 0. The zero-order valence-corrected chi connectivity index (χ0v) is 11.6. The van der Waals surface area contributed by atoms with Crippen molar-refractivity contribution in [3.8, 4) is 5.88 Å². The number of aromatic nitrogens is 1. The van der Waals surface area contributed by atoms with Crippen molar-refractivity contribution < 1.29 is 4.74 Å². The predicted molar refractivity (Wildman–Crippen MR) is 73.6 cm³/mol. The molecule has 1 aliphatic carbocycles. The smallest absolute Gasteiger partial charge is 0.213 e. The molecule has 0 atom stereocenters. The van der Waals surface area contributed by atoms with Crippen LogP contribution in [-0.4, -0.2) is 17.1 Å². The van der Waals surface area contributed by atoms with E-state index in [9.17, 15) is 0 Å². The zero-order valence-electron chi connectivity index (χ0n) is 11.6. The maximum atomic E-state index is 5.73. The lowest BCUT2D eigenvalue weighted by Crippen LogP contribution is -2.43. The molecule has 1 saturated carbocycles. The van der Waals surface area contributed by atoms with Crippen molar-refractivity contribution in [2.45, 2.75) is 58.6 Å². The molecule has 0 radical (unpaired) electrons. The molecule has 0 amide bonds. The first kappa shape index (κ1) is 13.3. The number of nitrogens with two attached hydrogens (primary N) is 1. The third kappa shape index (κ3) is 3.98. The lowest BCUT2D eigenvalue weighted by Gasteiger charge is -2.32. The van der Waals surface area contributed by atoms with Crippen molar-refractivity contribution in [1.82, 2.24) is 4.98 Å². The predicted octanol–water partition coefficient (Wildman–Crippen LogP) is 2.93. The van der Waals surface area contributed by atoms with Gasteiger partial charge in [-0.3, -0.25) is 0 Å². The van der Waals surface area contributed by atoms with Gasteiger partial charge >= 0.3 is 0 Å². The number of ether oxygens (including phenoxy) is 1. The first-order valence-corrected chi connectivity index (χ1v) is 6.79. The Labute approximate surface area is 110 Å². The second kappa shape index (κ2) is 5.27. The number of nitrogens with zero attached hydrogens (tertiary/aromatic N) is 1. The average molecular weight is 248 g/mol. The largest absolute Gasteiger partial charge is 0.474 e. The van der Waals surface area contributed by atoms with Crippen LogP contribution in [0.15, 0.2) is 18.3 Å². The van der Waals surface area contributed by atoms with Gasteiger partial charge in [0.25, 0.3) is 0 Å². The minimum Gasteiger partial charge on any atom is -0.474 e. The van der Waals surface area contributed by atoms with Gasteiger partial charge in [-0.05, 0) is 36.7 Å². The quantitative estimate of drug-likeness (QED) is 0.891. The van der Waals surface area contributed by atoms with E-state index in [4.69, 9.17) is 10.5 Å². The molecule has 0 bridgehead atoms. The summed E-state index contributed by atoms with van der Waals surface area (Å²) in [4.78, 5) is 4.36. The fourth-order valence-corrected chi connectivity index (χ4v) is 2.02. The Kier molecular flexibility index (Phi) is 3.91. The van der Waals surface area contributed by atoms with Crippen LogP contribution in [0, 0.1) is 5.41 Å². The average Bonchev–Trinajstić information content (AvgIpc) is 2.25. The lowest BCUT2D eigenvalue weighted by molar-refractivity contribution is 0.0958. The van der Waals surface area contributed by atoms with Gasteiger partial charge in [0.15, 0.2) is 0 Å². The van der Waals surface area contributed by atoms with Gasteiger partial charge in [-0.2, -0.15) is 0 Å². The molecule has 0 aliphatic heterocycles. The molecule has 2 rings (SSSR count). The van der Waals surface area contributed by atoms with Crippen LogP contribution in [0.5, 0.6) is 5.88 Å². The highest BCUT2D eigenvalue weighted by Crippen LogP contribution is 2.24.